The third-order valence-corrected chi connectivity index (χ3v) is 13.3. The molecular formula is C61H44N2. The number of hydrogen-bond donors (Lipinski definition) is 0. The predicted octanol–water partition coefficient (Wildman–Crippen LogP) is 16.2. The third kappa shape index (κ3) is 6.17. The van der Waals surface area contributed by atoms with Crippen LogP contribution in [0.15, 0.2) is 206 Å². The van der Waals surface area contributed by atoms with Crippen LogP contribution < -0.4 is 0 Å². The van der Waals surface area contributed by atoms with Crippen molar-refractivity contribution in [3.8, 4) is 33.6 Å². The zero-order valence-corrected chi connectivity index (χ0v) is 35.3. The van der Waals surface area contributed by atoms with Crippen molar-refractivity contribution in [1.82, 2.24) is 9.13 Å². The van der Waals surface area contributed by atoms with E-state index in [-0.39, 0.29) is 5.41 Å². The molecule has 0 atom stereocenters. The van der Waals surface area contributed by atoms with Crippen LogP contribution in [0.2, 0.25) is 0 Å². The molecule has 0 aliphatic heterocycles. The lowest BCUT2D eigenvalue weighted by atomic mass is 9.81. The molecule has 0 saturated carbocycles. The summed E-state index contributed by atoms with van der Waals surface area (Å²) in [5.74, 6) is 0. The monoisotopic (exact) mass is 804 g/mol. The first-order valence-corrected chi connectivity index (χ1v) is 21.9. The Hall–Kier alpha value is -7.94. The Labute approximate surface area is 368 Å². The minimum Gasteiger partial charge on any atom is -0.309 e. The minimum atomic E-state index is -0.128. The molecule has 0 spiro atoms. The van der Waals surface area contributed by atoms with Crippen LogP contribution >= 0.6 is 0 Å². The highest BCUT2D eigenvalue weighted by atomic mass is 15.0. The summed E-state index contributed by atoms with van der Waals surface area (Å²) in [4.78, 5) is 0. The van der Waals surface area contributed by atoms with E-state index in [9.17, 15) is 0 Å². The molecule has 1 aliphatic rings. The number of nitrogens with zero attached hydrogens (tertiary/aromatic N) is 2. The van der Waals surface area contributed by atoms with Gasteiger partial charge >= 0.3 is 0 Å². The van der Waals surface area contributed by atoms with Crippen LogP contribution in [0.1, 0.15) is 47.2 Å². The minimum absolute atomic E-state index is 0.128. The van der Waals surface area contributed by atoms with Crippen LogP contribution in [0.25, 0.3) is 102 Å². The van der Waals surface area contributed by atoms with Crippen molar-refractivity contribution in [2.45, 2.75) is 19.3 Å². The Balaban J connectivity index is 0.818. The average Bonchev–Trinajstić information content (AvgIpc) is 3.93. The van der Waals surface area contributed by atoms with E-state index in [4.69, 9.17) is 0 Å². The van der Waals surface area contributed by atoms with Crippen molar-refractivity contribution in [3.05, 3.63) is 240 Å². The SMILES string of the molecule is CC1(C)c2cc(/C=C/c3ccc4c(c3)c3ccccc3n4-c3ccccc3)ccc2-c2ccc(/C=C/c3ccc4c(c3)c3ccccc3n4-c3ccc(-c4ccccc4)cc3)cc21. The van der Waals surface area contributed by atoms with Gasteiger partial charge in [-0.25, -0.2) is 0 Å². The molecule has 0 saturated heterocycles. The summed E-state index contributed by atoms with van der Waals surface area (Å²) >= 11 is 0. The summed E-state index contributed by atoms with van der Waals surface area (Å²) in [6, 6.07) is 75.3. The molecule has 9 aromatic carbocycles. The van der Waals surface area contributed by atoms with Gasteiger partial charge in [-0.05, 0) is 116 Å². The third-order valence-electron chi connectivity index (χ3n) is 13.3. The molecule has 11 aromatic rings. The van der Waals surface area contributed by atoms with E-state index in [1.165, 1.54) is 105 Å². The molecule has 2 heteroatoms. The van der Waals surface area contributed by atoms with Crippen molar-refractivity contribution in [3.63, 3.8) is 0 Å². The molecule has 2 heterocycles. The van der Waals surface area contributed by atoms with Crippen molar-refractivity contribution >= 4 is 67.9 Å². The summed E-state index contributed by atoms with van der Waals surface area (Å²) in [5.41, 5.74) is 19.7. The maximum atomic E-state index is 2.39. The van der Waals surface area contributed by atoms with Crippen LogP contribution in [-0.2, 0) is 5.41 Å². The Kier molecular flexibility index (Phi) is 8.55. The van der Waals surface area contributed by atoms with E-state index in [1.54, 1.807) is 0 Å². The quantitative estimate of drug-likeness (QED) is 0.142. The van der Waals surface area contributed by atoms with Gasteiger partial charge in [0.15, 0.2) is 0 Å². The fourth-order valence-corrected chi connectivity index (χ4v) is 10.1. The molecule has 2 aromatic heterocycles. The molecule has 0 radical (unpaired) electrons. The molecule has 0 fully saturated rings. The molecule has 63 heavy (non-hydrogen) atoms. The second-order valence-electron chi connectivity index (χ2n) is 17.4. The maximum absolute atomic E-state index is 2.39. The predicted molar refractivity (Wildman–Crippen MR) is 269 cm³/mol. The van der Waals surface area contributed by atoms with Gasteiger partial charge in [0.05, 0.1) is 22.1 Å². The molecule has 0 amide bonds. The van der Waals surface area contributed by atoms with Crippen molar-refractivity contribution in [2.75, 3.05) is 0 Å². The van der Waals surface area contributed by atoms with Crippen molar-refractivity contribution in [2.24, 2.45) is 0 Å². The smallest absolute Gasteiger partial charge is 0.0541 e. The van der Waals surface area contributed by atoms with E-state index in [2.05, 4.69) is 254 Å². The molecule has 0 unspecified atom stereocenters. The van der Waals surface area contributed by atoms with Crippen molar-refractivity contribution < 1.29 is 0 Å². The number of hydrogen-bond acceptors (Lipinski definition) is 0. The normalized spacial score (nSPS) is 13.2. The highest BCUT2D eigenvalue weighted by Gasteiger charge is 2.35. The van der Waals surface area contributed by atoms with Crippen LogP contribution in [-0.4, -0.2) is 9.13 Å². The fourth-order valence-electron chi connectivity index (χ4n) is 10.1. The molecule has 2 nitrogen and oxygen atoms in total. The first-order valence-electron chi connectivity index (χ1n) is 21.9. The van der Waals surface area contributed by atoms with Crippen molar-refractivity contribution in [1.29, 1.82) is 0 Å². The van der Waals surface area contributed by atoms with Gasteiger partial charge in [-0.15, -0.1) is 0 Å². The lowest BCUT2D eigenvalue weighted by molar-refractivity contribution is 0.660. The van der Waals surface area contributed by atoms with Gasteiger partial charge < -0.3 is 9.13 Å². The Morgan fingerprint density at radius 2 is 0.698 bits per heavy atom. The zero-order valence-electron chi connectivity index (χ0n) is 35.3. The first kappa shape index (κ1) is 36.9. The van der Waals surface area contributed by atoms with Gasteiger partial charge in [-0.3, -0.25) is 0 Å². The summed E-state index contributed by atoms with van der Waals surface area (Å²) < 4.78 is 4.76. The van der Waals surface area contributed by atoms with Gasteiger partial charge in [-0.2, -0.15) is 0 Å². The Bertz CT molecular complexity index is 3610. The summed E-state index contributed by atoms with van der Waals surface area (Å²) in [5, 5.41) is 5.05. The highest BCUT2D eigenvalue weighted by molar-refractivity contribution is 6.11. The lowest BCUT2D eigenvalue weighted by Gasteiger charge is -2.22. The average molecular weight is 805 g/mol. The molecule has 12 rings (SSSR count). The molecule has 298 valence electrons. The van der Waals surface area contributed by atoms with Gasteiger partial charge in [0.25, 0.3) is 0 Å². The Morgan fingerprint density at radius 3 is 1.21 bits per heavy atom. The highest BCUT2D eigenvalue weighted by Crippen LogP contribution is 2.49. The number of para-hydroxylation sites is 3. The number of rotatable bonds is 7. The summed E-state index contributed by atoms with van der Waals surface area (Å²) in [6.45, 7) is 4.74. The molecule has 0 N–H and O–H groups in total. The van der Waals surface area contributed by atoms with Gasteiger partial charge in [-0.1, -0.05) is 184 Å². The van der Waals surface area contributed by atoms with Gasteiger partial charge in [0.2, 0.25) is 0 Å². The van der Waals surface area contributed by atoms with Crippen LogP contribution in [0.3, 0.4) is 0 Å². The second kappa shape index (κ2) is 14.6. The number of benzene rings is 9. The number of fused-ring (bicyclic) bond motifs is 9. The Morgan fingerprint density at radius 1 is 0.317 bits per heavy atom. The van der Waals surface area contributed by atoms with E-state index >= 15 is 0 Å². The topological polar surface area (TPSA) is 9.86 Å². The first-order chi connectivity index (χ1) is 31.0. The number of aromatic nitrogens is 2. The zero-order chi connectivity index (χ0) is 42.1. The molecular weight excluding hydrogens is 761 g/mol. The largest absolute Gasteiger partial charge is 0.309 e. The molecule has 0 bridgehead atoms. The van der Waals surface area contributed by atoms with Crippen LogP contribution in [0, 0.1) is 0 Å². The summed E-state index contributed by atoms with van der Waals surface area (Å²) in [7, 11) is 0. The lowest BCUT2D eigenvalue weighted by Crippen LogP contribution is -2.15. The van der Waals surface area contributed by atoms with E-state index in [0.29, 0.717) is 0 Å². The van der Waals surface area contributed by atoms with E-state index < -0.39 is 0 Å². The molecule has 1 aliphatic carbocycles. The van der Waals surface area contributed by atoms with E-state index in [0.717, 1.165) is 5.69 Å². The maximum Gasteiger partial charge on any atom is 0.0541 e. The van der Waals surface area contributed by atoms with Crippen LogP contribution in [0.5, 0.6) is 0 Å². The van der Waals surface area contributed by atoms with Crippen LogP contribution in [0.4, 0.5) is 0 Å². The summed E-state index contributed by atoms with van der Waals surface area (Å²) in [6.07, 6.45) is 9.05. The van der Waals surface area contributed by atoms with Gasteiger partial charge in [0, 0.05) is 38.3 Å². The van der Waals surface area contributed by atoms with Gasteiger partial charge in [0.1, 0.15) is 0 Å². The standard InChI is InChI=1S/C61H44N2/c1-61(2)55-39-43(23-21-41-27-35-59-53(37-41)51-17-9-11-19-57(51)62(59)47-15-7-4-8-16-47)25-33-49(55)50-34-26-44(40-56(50)61)24-22-42-28-36-60-54(38-42)52-18-10-12-20-58(52)63(60)48-31-29-46(30-32-48)45-13-5-3-6-14-45/h3-40H,1-2H3/b23-21+,24-22+. The second-order valence-corrected chi connectivity index (χ2v) is 17.4. The van der Waals surface area contributed by atoms with E-state index in [1.807, 2.05) is 0 Å². The fraction of sp³-hybridized carbons (Fsp3) is 0.0492.